The Hall–Kier alpha value is -6.87. The topological polar surface area (TPSA) is 173 Å². The number of benzene rings is 5. The molecule has 1 aromatic heterocycles. The molecule has 0 bridgehead atoms. The van der Waals surface area contributed by atoms with Gasteiger partial charge in [-0.15, -0.1) is 0 Å². The molecule has 3 aliphatic heterocycles. The van der Waals surface area contributed by atoms with Gasteiger partial charge in [-0.2, -0.15) is 0 Å². The molecule has 1 spiro atoms. The number of hydrogen-bond donors (Lipinski definition) is 3. The number of para-hydroxylation sites is 3. The van der Waals surface area contributed by atoms with Crippen LogP contribution in [0.5, 0.6) is 5.75 Å². The molecule has 0 unspecified atom stereocenters. The van der Waals surface area contributed by atoms with Crippen LogP contribution in [0.25, 0.3) is 11.0 Å². The van der Waals surface area contributed by atoms with Crippen LogP contribution in [0, 0.1) is 5.92 Å². The Morgan fingerprint density at radius 2 is 1.52 bits per heavy atom. The Morgan fingerprint density at radius 1 is 0.820 bits per heavy atom. The number of rotatable bonds is 12. The number of nitrogens with zero attached hydrogens (tertiary/aromatic N) is 3. The molecule has 61 heavy (non-hydrogen) atoms. The molecule has 4 heterocycles. The zero-order valence-electron chi connectivity index (χ0n) is 33.2. The Balaban J connectivity index is 1.29. The number of hydrogen-bond acceptors (Lipinski definition) is 11. The Kier molecular flexibility index (Phi) is 10.8. The largest absolute Gasteiger partial charge is 0.491 e. The van der Waals surface area contributed by atoms with Crippen molar-refractivity contribution >= 4 is 40.6 Å². The number of carbonyl (C=O) groups excluding carboxylic acids is 4. The number of aliphatic hydroxyl groups is 1. The third-order valence-corrected chi connectivity index (χ3v) is 11.7. The molecule has 5 aromatic carbocycles. The number of imidazole rings is 1. The van der Waals surface area contributed by atoms with Crippen LogP contribution in [0.15, 0.2) is 133 Å². The normalized spacial score (nSPS) is 23.1. The molecule has 310 valence electrons. The summed E-state index contributed by atoms with van der Waals surface area (Å²) in [7, 11) is 1.47. The molecule has 9 rings (SSSR count). The highest BCUT2D eigenvalue weighted by molar-refractivity contribution is 6.23. The summed E-state index contributed by atoms with van der Waals surface area (Å²) >= 11 is 0. The van der Waals surface area contributed by atoms with E-state index in [0.29, 0.717) is 33.8 Å². The highest BCUT2D eigenvalue weighted by atomic mass is 16.6. The number of esters is 1. The van der Waals surface area contributed by atoms with Crippen LogP contribution in [-0.4, -0.2) is 83.4 Å². The Morgan fingerprint density at radius 3 is 2.28 bits per heavy atom. The molecule has 0 saturated carbocycles. The average Bonchev–Trinajstić information content (AvgIpc) is 3.94. The zero-order valence-corrected chi connectivity index (χ0v) is 33.2. The van der Waals surface area contributed by atoms with Crippen molar-refractivity contribution in [2.24, 2.45) is 5.92 Å². The monoisotopic (exact) mass is 821 g/mol. The van der Waals surface area contributed by atoms with E-state index in [9.17, 15) is 9.90 Å². The summed E-state index contributed by atoms with van der Waals surface area (Å²) in [5.41, 5.74) is 2.08. The van der Waals surface area contributed by atoms with Crippen LogP contribution in [-0.2, 0) is 40.6 Å². The summed E-state index contributed by atoms with van der Waals surface area (Å²) in [5.74, 6) is -2.73. The summed E-state index contributed by atoms with van der Waals surface area (Å²) in [6.45, 7) is -0.371. The minimum absolute atomic E-state index is 0.00364. The molecule has 3 amide bonds. The van der Waals surface area contributed by atoms with E-state index in [-0.39, 0.29) is 38.7 Å². The van der Waals surface area contributed by atoms with Crippen molar-refractivity contribution in [1.29, 1.82) is 0 Å². The highest BCUT2D eigenvalue weighted by Crippen LogP contribution is 2.66. The van der Waals surface area contributed by atoms with E-state index in [4.69, 9.17) is 18.9 Å². The summed E-state index contributed by atoms with van der Waals surface area (Å²) in [6.07, 6.45) is -1.85. The first kappa shape index (κ1) is 39.6. The molecule has 6 atom stereocenters. The first-order valence-electron chi connectivity index (χ1n) is 20.1. The third-order valence-electron chi connectivity index (χ3n) is 11.7. The molecule has 14 nitrogen and oxygen atoms in total. The lowest BCUT2D eigenvalue weighted by atomic mass is 9.65. The number of methoxy groups -OCH3 is 1. The van der Waals surface area contributed by atoms with Crippen molar-refractivity contribution in [3.63, 3.8) is 0 Å². The maximum absolute atomic E-state index is 16.0. The van der Waals surface area contributed by atoms with Gasteiger partial charge in [0.2, 0.25) is 11.8 Å². The minimum Gasteiger partial charge on any atom is -0.491 e. The quantitative estimate of drug-likeness (QED) is 0.102. The van der Waals surface area contributed by atoms with E-state index in [1.807, 2.05) is 95.9 Å². The van der Waals surface area contributed by atoms with Crippen LogP contribution in [0.2, 0.25) is 0 Å². The predicted octanol–water partition coefficient (Wildman–Crippen LogP) is 5.70. The number of anilines is 1. The van der Waals surface area contributed by atoms with Crippen molar-refractivity contribution < 1.29 is 43.2 Å². The number of carbonyl (C=O) groups is 4. The van der Waals surface area contributed by atoms with Crippen LogP contribution >= 0.6 is 0 Å². The van der Waals surface area contributed by atoms with Crippen molar-refractivity contribution in [2.45, 2.75) is 36.2 Å². The van der Waals surface area contributed by atoms with Gasteiger partial charge in [-0.05, 0) is 52.6 Å². The Bertz CT molecular complexity index is 2550. The third kappa shape index (κ3) is 6.78. The van der Waals surface area contributed by atoms with Crippen LogP contribution in [0.3, 0.4) is 0 Å². The van der Waals surface area contributed by atoms with Crippen molar-refractivity contribution in [3.8, 4) is 5.75 Å². The van der Waals surface area contributed by atoms with E-state index >= 15 is 14.4 Å². The van der Waals surface area contributed by atoms with Crippen molar-refractivity contribution in [2.75, 3.05) is 38.4 Å². The average molecular weight is 822 g/mol. The maximum atomic E-state index is 16.0. The molecule has 14 heteroatoms. The number of morpholine rings is 1. The zero-order chi connectivity index (χ0) is 42.1. The van der Waals surface area contributed by atoms with E-state index in [1.165, 1.54) is 7.11 Å². The fourth-order valence-corrected chi connectivity index (χ4v) is 9.43. The maximum Gasteiger partial charge on any atom is 0.421 e. The number of nitrogens with one attached hydrogen (secondary N) is 2. The molecule has 0 radical (unpaired) electrons. The number of fused-ring (bicyclic) bond motifs is 4. The molecule has 2 saturated heterocycles. The molecule has 3 N–H and O–H groups in total. The molecule has 2 fully saturated rings. The van der Waals surface area contributed by atoms with Gasteiger partial charge in [0.05, 0.1) is 54.5 Å². The smallest absolute Gasteiger partial charge is 0.421 e. The van der Waals surface area contributed by atoms with Crippen LogP contribution in [0.4, 0.5) is 10.5 Å². The van der Waals surface area contributed by atoms with Crippen LogP contribution < -0.4 is 15.0 Å². The van der Waals surface area contributed by atoms with E-state index in [2.05, 4.69) is 15.3 Å². The molecule has 0 aliphatic carbocycles. The number of cyclic esters (lactones) is 1. The van der Waals surface area contributed by atoms with Crippen LogP contribution in [0.1, 0.15) is 46.3 Å². The SMILES string of the molecule is COCCOC(=O)N1C(=O)[C@@]2(c3ccccc31)[C@H](c1cccc(OCCO)c1)N1[C@H](c3ccccc3)[C@H](c3ccccc3)OC(=O)[C@H]1[C@@H]2C(=O)NCc1nc2ccccc2[nH]1. The summed E-state index contributed by atoms with van der Waals surface area (Å²) < 4.78 is 23.2. The second-order valence-electron chi connectivity index (χ2n) is 15.1. The first-order valence-corrected chi connectivity index (χ1v) is 20.1. The van der Waals surface area contributed by atoms with Gasteiger partial charge in [0, 0.05) is 7.11 Å². The summed E-state index contributed by atoms with van der Waals surface area (Å²) in [6, 6.07) is 37.0. The number of amides is 3. The molecular weight excluding hydrogens is 779 g/mol. The fourth-order valence-electron chi connectivity index (χ4n) is 9.43. The number of ether oxygens (including phenoxy) is 4. The van der Waals surface area contributed by atoms with Gasteiger partial charge in [-0.25, -0.2) is 14.7 Å². The van der Waals surface area contributed by atoms with Crippen molar-refractivity contribution in [3.05, 3.63) is 162 Å². The lowest BCUT2D eigenvalue weighted by Crippen LogP contribution is -2.55. The number of aromatic nitrogens is 2. The summed E-state index contributed by atoms with van der Waals surface area (Å²) in [5, 5.41) is 12.7. The summed E-state index contributed by atoms with van der Waals surface area (Å²) in [4.78, 5) is 71.6. The lowest BCUT2D eigenvalue weighted by Gasteiger charge is -2.46. The first-order chi connectivity index (χ1) is 29.9. The van der Waals surface area contributed by atoms with Gasteiger partial charge < -0.3 is 34.4 Å². The standard InChI is InChI=1S/C47H43N5O9/c1-58-25-26-60-46(57)51-36-22-11-8-19-33(36)47(45(51)56)38(43(54)48-28-37-49-34-20-9-10-21-35(34)50-37)40-44(55)61-41(30-15-6-3-7-16-30)39(29-13-4-2-5-14-29)52(40)42(47)31-17-12-18-32(27-31)59-24-23-53/h2-22,27,38-42,53H,23-26,28H2,1H3,(H,48,54)(H,49,50)/t38-,39-,40-,41+,42+,47-/m1/s1. The van der Waals surface area contributed by atoms with Gasteiger partial charge in [0.25, 0.3) is 0 Å². The minimum atomic E-state index is -1.95. The molecule has 6 aromatic rings. The number of aromatic amines is 1. The lowest BCUT2D eigenvalue weighted by molar-refractivity contribution is -0.178. The van der Waals surface area contributed by atoms with Gasteiger partial charge in [-0.3, -0.25) is 19.3 Å². The molecule has 3 aliphatic rings. The fraction of sp³-hybridized carbons (Fsp3) is 0.255. The predicted molar refractivity (Wildman–Crippen MR) is 222 cm³/mol. The van der Waals surface area contributed by atoms with Gasteiger partial charge in [0.1, 0.15) is 42.3 Å². The van der Waals surface area contributed by atoms with Gasteiger partial charge >= 0.3 is 12.1 Å². The van der Waals surface area contributed by atoms with E-state index in [1.54, 1.807) is 42.5 Å². The van der Waals surface area contributed by atoms with E-state index < -0.39 is 59.4 Å². The van der Waals surface area contributed by atoms with Crippen molar-refractivity contribution in [1.82, 2.24) is 20.2 Å². The highest BCUT2D eigenvalue weighted by Gasteiger charge is 2.75. The number of aliphatic hydroxyl groups excluding tert-OH is 1. The number of imide groups is 1. The second kappa shape index (κ2) is 16.6. The molecular formula is C47H43N5O9. The van der Waals surface area contributed by atoms with E-state index in [0.717, 1.165) is 16.0 Å². The van der Waals surface area contributed by atoms with Gasteiger partial charge in [-0.1, -0.05) is 103 Å². The van der Waals surface area contributed by atoms with Gasteiger partial charge in [0.15, 0.2) is 0 Å². The number of H-pyrrole nitrogens is 1. The Labute approximate surface area is 351 Å². The second-order valence-corrected chi connectivity index (χ2v) is 15.1.